The van der Waals surface area contributed by atoms with Crippen LogP contribution in [-0.2, 0) is 4.74 Å². The molecule has 1 atom stereocenters. The number of hydrogen-bond acceptors (Lipinski definition) is 9. The second-order valence-corrected chi connectivity index (χ2v) is 9.53. The third-order valence-electron chi connectivity index (χ3n) is 7.05. The first-order valence-corrected chi connectivity index (χ1v) is 12.5. The zero-order chi connectivity index (χ0) is 25.5. The summed E-state index contributed by atoms with van der Waals surface area (Å²) in [5, 5.41) is 4.39. The summed E-state index contributed by atoms with van der Waals surface area (Å²) in [6.45, 7) is 8.40. The number of anilines is 1. The van der Waals surface area contributed by atoms with Crippen LogP contribution in [0.15, 0.2) is 28.8 Å². The van der Waals surface area contributed by atoms with Gasteiger partial charge in [0.15, 0.2) is 11.5 Å². The molecule has 0 saturated carbocycles. The average Bonchev–Trinajstić information content (AvgIpc) is 3.34. The fraction of sp³-hybridized carbons (Fsp3) is 0.423. The number of hydrogen-bond donors (Lipinski definition) is 0. The van der Waals surface area contributed by atoms with Gasteiger partial charge in [0.1, 0.15) is 11.6 Å². The third-order valence-corrected chi connectivity index (χ3v) is 7.05. The van der Waals surface area contributed by atoms with Crippen molar-refractivity contribution in [3.63, 3.8) is 0 Å². The van der Waals surface area contributed by atoms with Crippen LogP contribution in [0.1, 0.15) is 24.4 Å². The summed E-state index contributed by atoms with van der Waals surface area (Å²) in [5.41, 5.74) is 2.20. The summed E-state index contributed by atoms with van der Waals surface area (Å²) in [6, 6.07) is 5.65. The van der Waals surface area contributed by atoms with E-state index in [4.69, 9.17) is 24.2 Å². The normalized spacial score (nSPS) is 19.0. The zero-order valence-corrected chi connectivity index (χ0v) is 20.7. The molecule has 1 unspecified atom stereocenters. The van der Waals surface area contributed by atoms with Crippen LogP contribution in [0.2, 0.25) is 0 Å². The maximum Gasteiger partial charge on any atom is 0.259 e. The maximum absolute atomic E-state index is 15.1. The highest BCUT2D eigenvalue weighted by molar-refractivity contribution is 5.94. The van der Waals surface area contributed by atoms with Crippen molar-refractivity contribution in [2.24, 2.45) is 0 Å². The van der Waals surface area contributed by atoms with Crippen molar-refractivity contribution in [3.8, 4) is 22.7 Å². The molecule has 0 spiro atoms. The molecule has 1 aromatic carbocycles. The largest absolute Gasteiger partial charge is 0.379 e. The van der Waals surface area contributed by atoms with Gasteiger partial charge in [-0.05, 0) is 44.9 Å². The number of aryl methyl sites for hydroxylation is 2. The van der Waals surface area contributed by atoms with Gasteiger partial charge in [0.05, 0.1) is 30.2 Å². The van der Waals surface area contributed by atoms with Crippen molar-refractivity contribution in [2.45, 2.75) is 32.7 Å². The van der Waals surface area contributed by atoms with E-state index in [1.807, 2.05) is 6.92 Å². The van der Waals surface area contributed by atoms with Crippen molar-refractivity contribution in [1.82, 2.24) is 30.0 Å². The van der Waals surface area contributed by atoms with Gasteiger partial charge in [0, 0.05) is 49.2 Å². The Balaban J connectivity index is 1.47. The lowest BCUT2D eigenvalue weighted by atomic mass is 10.0. The number of fused-ring (bicyclic) bond motifs is 1. The van der Waals surface area contributed by atoms with E-state index in [0.717, 1.165) is 58.3 Å². The van der Waals surface area contributed by atoms with Crippen LogP contribution in [-0.4, -0.2) is 75.4 Å². The highest BCUT2D eigenvalue weighted by Crippen LogP contribution is 2.34. The number of halogens is 2. The topological polar surface area (TPSA) is 93.3 Å². The zero-order valence-electron chi connectivity index (χ0n) is 20.7. The van der Waals surface area contributed by atoms with E-state index in [1.165, 1.54) is 12.1 Å². The molecule has 4 aromatic rings. The first kappa shape index (κ1) is 23.8. The van der Waals surface area contributed by atoms with Crippen molar-refractivity contribution >= 4 is 17.0 Å². The van der Waals surface area contributed by atoms with Gasteiger partial charge >= 0.3 is 0 Å². The Morgan fingerprint density at radius 1 is 0.946 bits per heavy atom. The predicted molar refractivity (Wildman–Crippen MR) is 133 cm³/mol. The lowest BCUT2D eigenvalue weighted by Crippen LogP contribution is -2.52. The highest BCUT2D eigenvalue weighted by atomic mass is 19.1. The van der Waals surface area contributed by atoms with Crippen LogP contribution in [0.5, 0.6) is 0 Å². The number of benzene rings is 1. The number of pyridine rings is 1. The Kier molecular flexibility index (Phi) is 6.25. The summed E-state index contributed by atoms with van der Waals surface area (Å²) >= 11 is 0. The minimum Gasteiger partial charge on any atom is -0.379 e. The summed E-state index contributed by atoms with van der Waals surface area (Å²) < 4.78 is 39.7. The van der Waals surface area contributed by atoms with E-state index in [1.54, 1.807) is 13.0 Å². The van der Waals surface area contributed by atoms with Gasteiger partial charge in [-0.3, -0.25) is 4.90 Å². The molecule has 37 heavy (non-hydrogen) atoms. The summed E-state index contributed by atoms with van der Waals surface area (Å²) in [5.74, 6) is -0.0709. The minimum absolute atomic E-state index is 0.176. The molecule has 6 rings (SSSR count). The molecule has 0 radical (unpaired) electrons. The van der Waals surface area contributed by atoms with Crippen LogP contribution < -0.4 is 4.90 Å². The summed E-state index contributed by atoms with van der Waals surface area (Å²) in [7, 11) is 0. The summed E-state index contributed by atoms with van der Waals surface area (Å²) in [4.78, 5) is 23.3. The van der Waals surface area contributed by atoms with Gasteiger partial charge < -0.3 is 14.2 Å². The number of nitrogens with zero attached hydrogens (tertiary/aromatic N) is 7. The minimum atomic E-state index is -0.702. The van der Waals surface area contributed by atoms with Crippen molar-refractivity contribution in [3.05, 3.63) is 47.4 Å². The lowest BCUT2D eigenvalue weighted by Gasteiger charge is -2.40. The molecule has 0 amide bonds. The second kappa shape index (κ2) is 9.71. The standard InChI is InChI=1S/C26H27F2N7O2/c1-15-20(25-30-16(2)33-37-25)13-21-23(19-6-5-17(27)12-22(19)28)31-26(32-24(21)29-15)35-7-3-4-18(14-35)34-8-10-36-11-9-34/h5-6,12-13,18H,3-4,7-11,14H2,1-2H3. The van der Waals surface area contributed by atoms with Crippen molar-refractivity contribution < 1.29 is 18.0 Å². The molecule has 2 aliphatic rings. The Morgan fingerprint density at radius 2 is 1.78 bits per heavy atom. The number of morpholine rings is 1. The molecule has 2 aliphatic heterocycles. The van der Waals surface area contributed by atoms with Gasteiger partial charge in [0.2, 0.25) is 5.95 Å². The summed E-state index contributed by atoms with van der Waals surface area (Å²) in [6.07, 6.45) is 2.08. The maximum atomic E-state index is 15.1. The lowest BCUT2D eigenvalue weighted by molar-refractivity contribution is 0.0136. The van der Waals surface area contributed by atoms with E-state index in [-0.39, 0.29) is 5.56 Å². The molecule has 2 saturated heterocycles. The molecular formula is C26H27F2N7O2. The van der Waals surface area contributed by atoms with Crippen LogP contribution >= 0.6 is 0 Å². The number of rotatable bonds is 4. The SMILES string of the molecule is Cc1noc(-c2cc3c(-c4ccc(F)cc4F)nc(N4CCCC(N5CCOCC5)C4)nc3nc2C)n1. The fourth-order valence-electron chi connectivity index (χ4n) is 5.16. The Morgan fingerprint density at radius 3 is 2.54 bits per heavy atom. The molecule has 11 heteroatoms. The molecule has 3 aromatic heterocycles. The number of piperidine rings is 1. The Hall–Kier alpha value is -3.57. The molecule has 0 bridgehead atoms. The fourth-order valence-corrected chi connectivity index (χ4v) is 5.16. The molecule has 0 N–H and O–H groups in total. The quantitative estimate of drug-likeness (QED) is 0.407. The van der Waals surface area contributed by atoms with E-state index in [0.29, 0.717) is 51.7 Å². The molecule has 2 fully saturated rings. The van der Waals surface area contributed by atoms with Gasteiger partial charge in [-0.2, -0.15) is 9.97 Å². The van der Waals surface area contributed by atoms with Crippen LogP contribution in [0, 0.1) is 25.5 Å². The van der Waals surface area contributed by atoms with E-state index < -0.39 is 11.6 Å². The third kappa shape index (κ3) is 4.64. The van der Waals surface area contributed by atoms with Gasteiger partial charge in [-0.15, -0.1) is 0 Å². The molecular weight excluding hydrogens is 480 g/mol. The number of ether oxygens (including phenoxy) is 1. The molecule has 5 heterocycles. The van der Waals surface area contributed by atoms with Crippen LogP contribution in [0.25, 0.3) is 33.7 Å². The Bertz CT molecular complexity index is 1450. The van der Waals surface area contributed by atoms with Crippen LogP contribution in [0.3, 0.4) is 0 Å². The highest BCUT2D eigenvalue weighted by Gasteiger charge is 2.29. The average molecular weight is 508 g/mol. The van der Waals surface area contributed by atoms with Gasteiger partial charge in [0.25, 0.3) is 5.89 Å². The predicted octanol–water partition coefficient (Wildman–Crippen LogP) is 3.94. The van der Waals surface area contributed by atoms with E-state index in [2.05, 4.69) is 19.9 Å². The molecule has 192 valence electrons. The van der Waals surface area contributed by atoms with Crippen molar-refractivity contribution in [1.29, 1.82) is 0 Å². The van der Waals surface area contributed by atoms with E-state index >= 15 is 4.39 Å². The molecule has 0 aliphatic carbocycles. The first-order valence-electron chi connectivity index (χ1n) is 12.5. The first-order chi connectivity index (χ1) is 18.0. The van der Waals surface area contributed by atoms with Gasteiger partial charge in [-0.25, -0.2) is 18.7 Å². The van der Waals surface area contributed by atoms with E-state index in [9.17, 15) is 4.39 Å². The monoisotopic (exact) mass is 507 g/mol. The molecule has 9 nitrogen and oxygen atoms in total. The van der Waals surface area contributed by atoms with Gasteiger partial charge in [-0.1, -0.05) is 5.16 Å². The van der Waals surface area contributed by atoms with Crippen LogP contribution in [0.4, 0.5) is 14.7 Å². The Labute approximate surface area is 212 Å². The smallest absolute Gasteiger partial charge is 0.259 e. The number of aromatic nitrogens is 5. The van der Waals surface area contributed by atoms with Crippen molar-refractivity contribution in [2.75, 3.05) is 44.3 Å². The second-order valence-electron chi connectivity index (χ2n) is 9.53.